The number of piperidine rings is 1. The Morgan fingerprint density at radius 2 is 1.83 bits per heavy atom. The molecule has 2 aliphatic heterocycles. The van der Waals surface area contributed by atoms with Crippen molar-refractivity contribution < 1.29 is 13.6 Å². The summed E-state index contributed by atoms with van der Waals surface area (Å²) in [5.74, 6) is -0.826. The van der Waals surface area contributed by atoms with Gasteiger partial charge in [0.15, 0.2) is 11.6 Å². The van der Waals surface area contributed by atoms with Crippen LogP contribution in [0.15, 0.2) is 60.9 Å². The summed E-state index contributed by atoms with van der Waals surface area (Å²) in [7, 11) is 0. The summed E-state index contributed by atoms with van der Waals surface area (Å²) in [4.78, 5) is 30.9. The van der Waals surface area contributed by atoms with E-state index in [1.807, 2.05) is 48.2 Å². The molecule has 4 aromatic rings. The van der Waals surface area contributed by atoms with Gasteiger partial charge in [0, 0.05) is 55.0 Å². The first-order chi connectivity index (χ1) is 17.0. The summed E-state index contributed by atoms with van der Waals surface area (Å²) < 4.78 is 27.3. The van der Waals surface area contributed by atoms with E-state index in [4.69, 9.17) is 0 Å². The number of fused-ring (bicyclic) bond motifs is 2. The molecule has 2 atom stereocenters. The van der Waals surface area contributed by atoms with E-state index in [0.29, 0.717) is 41.4 Å². The van der Waals surface area contributed by atoms with E-state index in [9.17, 15) is 13.6 Å². The highest BCUT2D eigenvalue weighted by Crippen LogP contribution is 2.37. The number of rotatable bonds is 3. The summed E-state index contributed by atoms with van der Waals surface area (Å²) in [5.41, 5.74) is 3.88. The summed E-state index contributed by atoms with van der Waals surface area (Å²) in [5, 5.41) is 0. The number of benzene rings is 2. The van der Waals surface area contributed by atoms with Crippen LogP contribution in [0.25, 0.3) is 22.3 Å². The van der Waals surface area contributed by atoms with Gasteiger partial charge in [0.05, 0.1) is 29.0 Å². The lowest BCUT2D eigenvalue weighted by atomic mass is 9.82. The molecule has 6 rings (SSSR count). The third-order valence-electron chi connectivity index (χ3n) is 7.05. The minimum absolute atomic E-state index is 0.0122. The third-order valence-corrected chi connectivity index (χ3v) is 7.05. The predicted molar refractivity (Wildman–Crippen MR) is 129 cm³/mol. The second kappa shape index (κ2) is 8.37. The molecule has 176 valence electrons. The Morgan fingerprint density at radius 3 is 2.63 bits per heavy atom. The maximum absolute atomic E-state index is 13.7. The highest BCUT2D eigenvalue weighted by Gasteiger charge is 2.44. The Hall–Kier alpha value is -3.94. The number of pyridine rings is 1. The molecule has 8 heteroatoms. The average Bonchev–Trinajstić information content (AvgIpc) is 2.85. The summed E-state index contributed by atoms with van der Waals surface area (Å²) in [6, 6.07) is 13.8. The van der Waals surface area contributed by atoms with Crippen molar-refractivity contribution in [1.29, 1.82) is 0 Å². The monoisotopic (exact) mass is 471 g/mol. The van der Waals surface area contributed by atoms with E-state index >= 15 is 0 Å². The lowest BCUT2D eigenvalue weighted by molar-refractivity contribution is 0.0592. The number of hydrogen-bond donors (Lipinski definition) is 0. The topological polar surface area (TPSA) is 62.2 Å². The standard InChI is InChI=1S/C27H23F2N5O/c1-16-5-6-18(22-4-2-3-8-30-22)19(10-16)27(35)33-9-7-17-14-34(25(17)15-33)26-13-31-23-11-20(28)21(29)12-24(23)32-26/h2-6,8,10-13,17,25H,7,9,14-15H2,1H3/t17-,25-/m0/s1. The molecule has 0 N–H and O–H groups in total. The van der Waals surface area contributed by atoms with Crippen molar-refractivity contribution in [3.05, 3.63) is 83.7 Å². The van der Waals surface area contributed by atoms with Gasteiger partial charge in [-0.25, -0.2) is 13.8 Å². The number of aromatic nitrogens is 3. The van der Waals surface area contributed by atoms with E-state index in [-0.39, 0.29) is 11.9 Å². The number of halogens is 2. The van der Waals surface area contributed by atoms with Crippen molar-refractivity contribution in [3.8, 4) is 11.3 Å². The van der Waals surface area contributed by atoms with Crippen LogP contribution in [-0.2, 0) is 0 Å². The van der Waals surface area contributed by atoms with Crippen LogP contribution < -0.4 is 4.90 Å². The molecule has 2 aromatic carbocycles. The van der Waals surface area contributed by atoms with Gasteiger partial charge >= 0.3 is 0 Å². The number of carbonyl (C=O) groups is 1. The maximum Gasteiger partial charge on any atom is 0.254 e. The smallest absolute Gasteiger partial charge is 0.254 e. The van der Waals surface area contributed by atoms with Crippen molar-refractivity contribution in [2.75, 3.05) is 24.5 Å². The largest absolute Gasteiger partial charge is 0.350 e. The molecule has 1 amide bonds. The Labute approximate surface area is 201 Å². The zero-order chi connectivity index (χ0) is 24.1. The minimum atomic E-state index is -0.943. The number of carbonyl (C=O) groups excluding carboxylic acids is 1. The van der Waals surface area contributed by atoms with Crippen LogP contribution in [0.5, 0.6) is 0 Å². The molecular weight excluding hydrogens is 448 g/mol. The van der Waals surface area contributed by atoms with E-state index in [0.717, 1.165) is 41.9 Å². The number of hydrogen-bond acceptors (Lipinski definition) is 5. The number of amides is 1. The van der Waals surface area contributed by atoms with Crippen LogP contribution in [0.4, 0.5) is 14.6 Å². The van der Waals surface area contributed by atoms with Gasteiger partial charge in [0.2, 0.25) is 0 Å². The van der Waals surface area contributed by atoms with Gasteiger partial charge in [0.1, 0.15) is 5.82 Å². The highest BCUT2D eigenvalue weighted by atomic mass is 19.2. The van der Waals surface area contributed by atoms with Crippen LogP contribution >= 0.6 is 0 Å². The van der Waals surface area contributed by atoms with Gasteiger partial charge in [-0.3, -0.25) is 14.8 Å². The molecule has 2 aliphatic rings. The van der Waals surface area contributed by atoms with Gasteiger partial charge in [-0.1, -0.05) is 23.8 Å². The third kappa shape index (κ3) is 3.79. The second-order valence-electron chi connectivity index (χ2n) is 9.27. The van der Waals surface area contributed by atoms with Crippen LogP contribution in [-0.4, -0.2) is 51.4 Å². The molecule has 2 fully saturated rings. The SMILES string of the molecule is Cc1ccc(-c2ccccn2)c(C(=O)N2CC[C@H]3CN(c4cnc5cc(F)c(F)cc5n4)[C@H]3C2)c1. The van der Waals surface area contributed by atoms with Crippen LogP contribution in [0.3, 0.4) is 0 Å². The van der Waals surface area contributed by atoms with E-state index in [1.165, 1.54) is 0 Å². The Balaban J connectivity index is 1.26. The van der Waals surface area contributed by atoms with E-state index in [1.54, 1.807) is 12.4 Å². The molecule has 2 saturated heterocycles. The van der Waals surface area contributed by atoms with Gasteiger partial charge in [-0.2, -0.15) is 0 Å². The van der Waals surface area contributed by atoms with Gasteiger partial charge in [-0.15, -0.1) is 0 Å². The fourth-order valence-corrected chi connectivity index (χ4v) is 5.13. The summed E-state index contributed by atoms with van der Waals surface area (Å²) in [6.07, 6.45) is 4.22. The lowest BCUT2D eigenvalue weighted by Gasteiger charge is -2.54. The molecule has 6 nitrogen and oxygen atoms in total. The molecule has 4 heterocycles. The first-order valence-electron chi connectivity index (χ1n) is 11.7. The molecule has 0 spiro atoms. The molecular formula is C27H23F2N5O. The minimum Gasteiger partial charge on any atom is -0.350 e. The number of nitrogens with zero attached hydrogens (tertiary/aromatic N) is 5. The molecule has 0 aliphatic carbocycles. The number of aryl methyl sites for hydroxylation is 1. The fourth-order valence-electron chi connectivity index (χ4n) is 5.13. The normalized spacial score (nSPS) is 19.4. The maximum atomic E-state index is 13.7. The predicted octanol–water partition coefficient (Wildman–Crippen LogP) is 4.63. The fraction of sp³-hybridized carbons (Fsp3) is 0.259. The summed E-state index contributed by atoms with van der Waals surface area (Å²) in [6.45, 7) is 4.04. The highest BCUT2D eigenvalue weighted by molar-refractivity contribution is 6.00. The second-order valence-corrected chi connectivity index (χ2v) is 9.27. The first kappa shape index (κ1) is 21.6. The van der Waals surface area contributed by atoms with Gasteiger partial charge in [-0.05, 0) is 31.5 Å². The molecule has 2 aromatic heterocycles. The Bertz CT molecular complexity index is 1440. The van der Waals surface area contributed by atoms with Crippen molar-refractivity contribution in [1.82, 2.24) is 19.9 Å². The van der Waals surface area contributed by atoms with E-state index < -0.39 is 11.6 Å². The molecule has 0 bridgehead atoms. The Morgan fingerprint density at radius 1 is 1.00 bits per heavy atom. The summed E-state index contributed by atoms with van der Waals surface area (Å²) >= 11 is 0. The van der Waals surface area contributed by atoms with Crippen LogP contribution in [0.2, 0.25) is 0 Å². The first-order valence-corrected chi connectivity index (χ1v) is 11.7. The zero-order valence-electron chi connectivity index (χ0n) is 19.2. The molecule has 0 radical (unpaired) electrons. The number of likely N-dealkylation sites (tertiary alicyclic amines) is 1. The van der Waals surface area contributed by atoms with Gasteiger partial charge in [0.25, 0.3) is 5.91 Å². The quantitative estimate of drug-likeness (QED) is 0.436. The van der Waals surface area contributed by atoms with Crippen molar-refractivity contribution in [2.45, 2.75) is 19.4 Å². The average molecular weight is 472 g/mol. The van der Waals surface area contributed by atoms with Crippen molar-refractivity contribution in [2.24, 2.45) is 5.92 Å². The molecule has 0 unspecified atom stereocenters. The molecule has 35 heavy (non-hydrogen) atoms. The number of anilines is 1. The molecule has 0 saturated carbocycles. The lowest BCUT2D eigenvalue weighted by Crippen LogP contribution is -2.65. The van der Waals surface area contributed by atoms with Crippen molar-refractivity contribution in [3.63, 3.8) is 0 Å². The Kier molecular flexibility index (Phi) is 5.16. The van der Waals surface area contributed by atoms with E-state index in [2.05, 4.69) is 19.9 Å². The van der Waals surface area contributed by atoms with Crippen LogP contribution in [0, 0.1) is 24.5 Å². The van der Waals surface area contributed by atoms with Gasteiger partial charge < -0.3 is 9.80 Å². The zero-order valence-corrected chi connectivity index (χ0v) is 19.2. The van der Waals surface area contributed by atoms with Crippen molar-refractivity contribution >= 4 is 22.8 Å². The van der Waals surface area contributed by atoms with Crippen LogP contribution in [0.1, 0.15) is 22.3 Å².